The zero-order valence-corrected chi connectivity index (χ0v) is 13.8. The molecule has 0 unspecified atom stereocenters. The number of carbonyl (C=O) groups is 1. The molecule has 0 fully saturated rings. The monoisotopic (exact) mass is 312 g/mol. The van der Waals surface area contributed by atoms with Gasteiger partial charge in [0.25, 0.3) is 0 Å². The minimum absolute atomic E-state index is 0.0899. The molecule has 0 aliphatic heterocycles. The first-order valence-corrected chi connectivity index (χ1v) is 9.00. The molecule has 5 nitrogen and oxygen atoms in total. The van der Waals surface area contributed by atoms with Gasteiger partial charge < -0.3 is 4.90 Å². The van der Waals surface area contributed by atoms with Crippen LogP contribution in [0.4, 0.5) is 0 Å². The largest absolute Gasteiger partial charge is 0.338 e. The Balaban J connectivity index is 2.74. The first kappa shape index (κ1) is 17.7. The Bertz CT molecular complexity index is 543. The van der Waals surface area contributed by atoms with Gasteiger partial charge in [0, 0.05) is 19.6 Å². The number of likely N-dealkylation sites (N-methyl/N-ethyl adjacent to an activating group) is 1. The summed E-state index contributed by atoms with van der Waals surface area (Å²) in [5, 5.41) is 0. The molecule has 0 N–H and O–H groups in total. The normalized spacial score (nSPS) is 11.6. The Kier molecular flexibility index (Phi) is 6.84. The summed E-state index contributed by atoms with van der Waals surface area (Å²) >= 11 is 0. The number of sulfonamides is 1. The van der Waals surface area contributed by atoms with Crippen molar-refractivity contribution in [2.75, 3.05) is 25.9 Å². The van der Waals surface area contributed by atoms with Crippen molar-refractivity contribution >= 4 is 15.9 Å². The standard InChI is InChI=1S/C15H24N2O3S/c1-4-11-17(21(3,19)20)13-15(18)16(5-2)12-14-9-7-6-8-10-14/h6-10H,4-5,11-13H2,1-3H3. The van der Waals surface area contributed by atoms with Crippen LogP contribution in [0.5, 0.6) is 0 Å². The summed E-state index contributed by atoms with van der Waals surface area (Å²) < 4.78 is 24.6. The Labute approximate surface area is 127 Å². The van der Waals surface area contributed by atoms with Gasteiger partial charge in [0.1, 0.15) is 0 Å². The third-order valence-electron chi connectivity index (χ3n) is 3.20. The van der Waals surface area contributed by atoms with E-state index in [1.54, 1.807) is 4.90 Å². The summed E-state index contributed by atoms with van der Waals surface area (Å²) in [5.41, 5.74) is 1.04. The number of carbonyl (C=O) groups excluding carboxylic acids is 1. The van der Waals surface area contributed by atoms with Gasteiger partial charge in [0.2, 0.25) is 15.9 Å². The molecule has 0 aliphatic rings. The van der Waals surface area contributed by atoms with E-state index in [0.717, 1.165) is 11.8 Å². The van der Waals surface area contributed by atoms with Gasteiger partial charge in [-0.3, -0.25) is 4.79 Å². The summed E-state index contributed by atoms with van der Waals surface area (Å²) in [6, 6.07) is 9.68. The summed E-state index contributed by atoms with van der Waals surface area (Å²) in [6.07, 6.45) is 1.83. The van der Waals surface area contributed by atoms with Gasteiger partial charge in [-0.25, -0.2) is 8.42 Å². The second kappa shape index (κ2) is 8.14. The van der Waals surface area contributed by atoms with Gasteiger partial charge in [-0.1, -0.05) is 37.3 Å². The smallest absolute Gasteiger partial charge is 0.238 e. The molecule has 0 aromatic heterocycles. The maximum atomic E-state index is 12.3. The van der Waals surface area contributed by atoms with Crippen LogP contribution in [-0.4, -0.2) is 49.4 Å². The van der Waals surface area contributed by atoms with Crippen molar-refractivity contribution in [3.05, 3.63) is 35.9 Å². The number of rotatable bonds is 8. The topological polar surface area (TPSA) is 57.7 Å². The molecule has 21 heavy (non-hydrogen) atoms. The van der Waals surface area contributed by atoms with E-state index in [4.69, 9.17) is 0 Å². The number of amides is 1. The molecule has 0 radical (unpaired) electrons. The maximum Gasteiger partial charge on any atom is 0.238 e. The molecule has 0 spiro atoms. The highest BCUT2D eigenvalue weighted by molar-refractivity contribution is 7.88. The minimum atomic E-state index is -3.35. The van der Waals surface area contributed by atoms with Crippen LogP contribution in [0.2, 0.25) is 0 Å². The van der Waals surface area contributed by atoms with Crippen molar-refractivity contribution in [1.29, 1.82) is 0 Å². The van der Waals surface area contributed by atoms with E-state index in [-0.39, 0.29) is 12.5 Å². The number of hydrogen-bond donors (Lipinski definition) is 0. The lowest BCUT2D eigenvalue weighted by Crippen LogP contribution is -2.42. The van der Waals surface area contributed by atoms with Crippen LogP contribution in [-0.2, 0) is 21.4 Å². The van der Waals surface area contributed by atoms with E-state index in [1.165, 1.54) is 4.31 Å². The molecular formula is C15H24N2O3S. The Morgan fingerprint density at radius 1 is 1.14 bits per heavy atom. The van der Waals surface area contributed by atoms with E-state index >= 15 is 0 Å². The first-order valence-electron chi connectivity index (χ1n) is 7.15. The van der Waals surface area contributed by atoms with Gasteiger partial charge >= 0.3 is 0 Å². The molecular weight excluding hydrogens is 288 g/mol. The van der Waals surface area contributed by atoms with Crippen LogP contribution in [0, 0.1) is 0 Å². The Morgan fingerprint density at radius 2 is 1.76 bits per heavy atom. The second-order valence-corrected chi connectivity index (χ2v) is 6.97. The van der Waals surface area contributed by atoms with E-state index < -0.39 is 10.0 Å². The summed E-state index contributed by atoms with van der Waals surface area (Å²) in [6.45, 7) is 5.12. The lowest BCUT2D eigenvalue weighted by Gasteiger charge is -2.25. The number of hydrogen-bond acceptors (Lipinski definition) is 3. The van der Waals surface area contributed by atoms with Crippen LogP contribution in [0.1, 0.15) is 25.8 Å². The highest BCUT2D eigenvalue weighted by Gasteiger charge is 2.22. The van der Waals surface area contributed by atoms with Crippen molar-refractivity contribution in [2.45, 2.75) is 26.8 Å². The third kappa shape index (κ3) is 5.85. The van der Waals surface area contributed by atoms with Crippen LogP contribution in [0.15, 0.2) is 30.3 Å². The molecule has 0 atom stereocenters. The van der Waals surface area contributed by atoms with Crippen molar-refractivity contribution in [1.82, 2.24) is 9.21 Å². The SMILES string of the molecule is CCCN(CC(=O)N(CC)Cc1ccccc1)S(C)(=O)=O. The van der Waals surface area contributed by atoms with E-state index in [9.17, 15) is 13.2 Å². The lowest BCUT2D eigenvalue weighted by atomic mass is 10.2. The van der Waals surface area contributed by atoms with Crippen molar-refractivity contribution < 1.29 is 13.2 Å². The fourth-order valence-electron chi connectivity index (χ4n) is 2.04. The average molecular weight is 312 g/mol. The molecule has 1 amide bonds. The van der Waals surface area contributed by atoms with Gasteiger partial charge in [-0.15, -0.1) is 0 Å². The Morgan fingerprint density at radius 3 is 2.24 bits per heavy atom. The van der Waals surface area contributed by atoms with Crippen LogP contribution >= 0.6 is 0 Å². The predicted octanol–water partition coefficient (Wildman–Crippen LogP) is 1.71. The van der Waals surface area contributed by atoms with Crippen LogP contribution in [0.25, 0.3) is 0 Å². The quantitative estimate of drug-likeness (QED) is 0.734. The van der Waals surface area contributed by atoms with E-state index in [0.29, 0.717) is 26.1 Å². The summed E-state index contributed by atoms with van der Waals surface area (Å²) in [5.74, 6) is -0.166. The number of nitrogens with zero attached hydrogens (tertiary/aromatic N) is 2. The molecule has 1 rings (SSSR count). The highest BCUT2D eigenvalue weighted by atomic mass is 32.2. The molecule has 0 saturated carbocycles. The molecule has 1 aromatic rings. The van der Waals surface area contributed by atoms with Crippen molar-refractivity contribution in [3.8, 4) is 0 Å². The fraction of sp³-hybridized carbons (Fsp3) is 0.533. The molecule has 0 bridgehead atoms. The van der Waals surface area contributed by atoms with Gasteiger partial charge in [-0.2, -0.15) is 4.31 Å². The average Bonchev–Trinajstić information content (AvgIpc) is 2.44. The maximum absolute atomic E-state index is 12.3. The molecule has 6 heteroatoms. The first-order chi connectivity index (χ1) is 9.88. The second-order valence-electron chi connectivity index (χ2n) is 4.99. The summed E-state index contributed by atoms with van der Waals surface area (Å²) in [7, 11) is -3.35. The van der Waals surface area contributed by atoms with E-state index in [1.807, 2.05) is 44.2 Å². The Hall–Kier alpha value is -1.40. The van der Waals surface area contributed by atoms with Crippen LogP contribution < -0.4 is 0 Å². The van der Waals surface area contributed by atoms with Crippen molar-refractivity contribution in [2.24, 2.45) is 0 Å². The predicted molar refractivity (Wildman–Crippen MR) is 84.2 cm³/mol. The zero-order chi connectivity index (χ0) is 15.9. The third-order valence-corrected chi connectivity index (χ3v) is 4.45. The zero-order valence-electron chi connectivity index (χ0n) is 12.9. The highest BCUT2D eigenvalue weighted by Crippen LogP contribution is 2.07. The summed E-state index contributed by atoms with van der Waals surface area (Å²) in [4.78, 5) is 14.0. The lowest BCUT2D eigenvalue weighted by molar-refractivity contribution is -0.131. The molecule has 0 aliphatic carbocycles. The fourth-order valence-corrected chi connectivity index (χ4v) is 2.90. The van der Waals surface area contributed by atoms with Gasteiger partial charge in [-0.05, 0) is 18.9 Å². The van der Waals surface area contributed by atoms with Crippen LogP contribution in [0.3, 0.4) is 0 Å². The van der Waals surface area contributed by atoms with E-state index in [2.05, 4.69) is 0 Å². The number of benzene rings is 1. The minimum Gasteiger partial charge on any atom is -0.338 e. The molecule has 1 aromatic carbocycles. The molecule has 0 heterocycles. The molecule has 118 valence electrons. The van der Waals surface area contributed by atoms with Gasteiger partial charge in [0.05, 0.1) is 12.8 Å². The van der Waals surface area contributed by atoms with Gasteiger partial charge in [0.15, 0.2) is 0 Å². The van der Waals surface area contributed by atoms with Crippen molar-refractivity contribution in [3.63, 3.8) is 0 Å². The molecule has 0 saturated heterocycles.